The lowest BCUT2D eigenvalue weighted by molar-refractivity contribution is 0.800. The van der Waals surface area contributed by atoms with Gasteiger partial charge in [-0.05, 0) is 25.0 Å². The summed E-state index contributed by atoms with van der Waals surface area (Å²) in [6, 6.07) is 1.98. The molecule has 0 N–H and O–H groups in total. The molecule has 0 fully saturated rings. The number of rotatable bonds is 2. The fraction of sp³-hybridized carbons (Fsp3) is 0.500. The zero-order chi connectivity index (χ0) is 11.1. The van der Waals surface area contributed by atoms with Crippen molar-refractivity contribution in [1.82, 2.24) is 9.97 Å². The van der Waals surface area contributed by atoms with Gasteiger partial charge < -0.3 is 0 Å². The quantitative estimate of drug-likeness (QED) is 0.715. The molecule has 0 aliphatic carbocycles. The summed E-state index contributed by atoms with van der Waals surface area (Å²) in [7, 11) is 0. The standard InChI is InChI=1S/C10H14N2.C2H6/c1-5-9-6-10(7(2)3)12-8(4)11-9;1-2/h5-7H,1H2,2-4H3;1-2H3. The number of aryl methyl sites for hydroxylation is 1. The van der Waals surface area contributed by atoms with Gasteiger partial charge in [0.05, 0.1) is 5.69 Å². The summed E-state index contributed by atoms with van der Waals surface area (Å²) in [5.74, 6) is 1.27. The molecule has 0 saturated heterocycles. The van der Waals surface area contributed by atoms with Crippen molar-refractivity contribution in [2.75, 3.05) is 0 Å². The lowest BCUT2D eigenvalue weighted by atomic mass is 10.1. The number of aromatic nitrogens is 2. The molecule has 2 nitrogen and oxygen atoms in total. The van der Waals surface area contributed by atoms with Crippen LogP contribution >= 0.6 is 0 Å². The van der Waals surface area contributed by atoms with Gasteiger partial charge in [-0.25, -0.2) is 9.97 Å². The molecule has 1 rings (SSSR count). The minimum atomic E-state index is 0.449. The van der Waals surface area contributed by atoms with E-state index in [0.29, 0.717) is 5.92 Å². The molecule has 0 radical (unpaired) electrons. The van der Waals surface area contributed by atoms with E-state index < -0.39 is 0 Å². The fourth-order valence-electron chi connectivity index (χ4n) is 1.02. The molecule has 0 aliphatic heterocycles. The average molecular weight is 192 g/mol. The van der Waals surface area contributed by atoms with Gasteiger partial charge in [0, 0.05) is 5.69 Å². The van der Waals surface area contributed by atoms with Crippen molar-refractivity contribution in [3.63, 3.8) is 0 Å². The van der Waals surface area contributed by atoms with Crippen molar-refractivity contribution in [2.24, 2.45) is 0 Å². The van der Waals surface area contributed by atoms with Gasteiger partial charge in [0.25, 0.3) is 0 Å². The van der Waals surface area contributed by atoms with E-state index in [9.17, 15) is 0 Å². The van der Waals surface area contributed by atoms with Crippen molar-refractivity contribution >= 4 is 6.08 Å². The van der Waals surface area contributed by atoms with Crippen LogP contribution in [0.1, 0.15) is 50.8 Å². The third-order valence-electron chi connectivity index (χ3n) is 1.68. The summed E-state index contributed by atoms with van der Waals surface area (Å²) >= 11 is 0. The molecule has 1 aromatic heterocycles. The van der Waals surface area contributed by atoms with Crippen LogP contribution in [0.15, 0.2) is 12.6 Å². The Bertz CT molecular complexity index is 290. The average Bonchev–Trinajstić information content (AvgIpc) is 2.20. The molecule has 2 heteroatoms. The van der Waals surface area contributed by atoms with Crippen molar-refractivity contribution < 1.29 is 0 Å². The van der Waals surface area contributed by atoms with Crippen molar-refractivity contribution in [3.05, 3.63) is 29.9 Å². The van der Waals surface area contributed by atoms with Gasteiger partial charge in [0.1, 0.15) is 5.82 Å². The molecule has 1 aromatic rings. The molecule has 78 valence electrons. The van der Waals surface area contributed by atoms with Gasteiger partial charge in [-0.2, -0.15) is 0 Å². The summed E-state index contributed by atoms with van der Waals surface area (Å²) in [5.41, 5.74) is 1.99. The lowest BCUT2D eigenvalue weighted by Crippen LogP contribution is -1.98. The zero-order valence-electron chi connectivity index (χ0n) is 9.83. The fourth-order valence-corrected chi connectivity index (χ4v) is 1.02. The maximum Gasteiger partial charge on any atom is 0.126 e. The second-order valence-corrected chi connectivity index (χ2v) is 3.12. The summed E-state index contributed by atoms with van der Waals surface area (Å²) in [4.78, 5) is 8.53. The van der Waals surface area contributed by atoms with Crippen molar-refractivity contribution in [3.8, 4) is 0 Å². The Labute approximate surface area is 87.1 Å². The Morgan fingerprint density at radius 2 is 1.86 bits per heavy atom. The molecule has 0 aliphatic rings. The van der Waals surface area contributed by atoms with E-state index in [1.54, 1.807) is 6.08 Å². The molecular formula is C12H20N2. The second-order valence-electron chi connectivity index (χ2n) is 3.12. The lowest BCUT2D eigenvalue weighted by Gasteiger charge is -2.05. The topological polar surface area (TPSA) is 25.8 Å². The van der Waals surface area contributed by atoms with Gasteiger partial charge >= 0.3 is 0 Å². The van der Waals surface area contributed by atoms with E-state index in [-0.39, 0.29) is 0 Å². The first-order valence-corrected chi connectivity index (χ1v) is 5.11. The third kappa shape index (κ3) is 3.69. The van der Waals surface area contributed by atoms with Crippen LogP contribution in [-0.2, 0) is 0 Å². The summed E-state index contributed by atoms with van der Waals surface area (Å²) in [5, 5.41) is 0. The van der Waals surface area contributed by atoms with Crippen LogP contribution in [0, 0.1) is 6.92 Å². The van der Waals surface area contributed by atoms with Crippen molar-refractivity contribution in [1.29, 1.82) is 0 Å². The van der Waals surface area contributed by atoms with Crippen molar-refractivity contribution in [2.45, 2.75) is 40.5 Å². The SMILES string of the molecule is C=Cc1cc(C(C)C)nc(C)n1.CC. The zero-order valence-corrected chi connectivity index (χ0v) is 9.83. The van der Waals surface area contributed by atoms with E-state index in [1.807, 2.05) is 26.8 Å². The first-order valence-electron chi connectivity index (χ1n) is 5.11. The smallest absolute Gasteiger partial charge is 0.126 e. The molecule has 0 bridgehead atoms. The van der Waals surface area contributed by atoms with E-state index >= 15 is 0 Å². The van der Waals surface area contributed by atoms with Crippen LogP contribution in [-0.4, -0.2) is 9.97 Å². The molecule has 0 atom stereocenters. The molecule has 1 heterocycles. The molecule has 0 amide bonds. The minimum Gasteiger partial charge on any atom is -0.238 e. The first-order chi connectivity index (χ1) is 6.63. The third-order valence-corrected chi connectivity index (χ3v) is 1.68. The van der Waals surface area contributed by atoms with Crippen LogP contribution in [0.4, 0.5) is 0 Å². The van der Waals surface area contributed by atoms with Gasteiger partial charge in [0.2, 0.25) is 0 Å². The van der Waals surface area contributed by atoms with Crippen LogP contribution in [0.3, 0.4) is 0 Å². The molecule has 0 spiro atoms. The summed E-state index contributed by atoms with van der Waals surface area (Å²) in [6.07, 6.45) is 1.75. The maximum absolute atomic E-state index is 4.32. The largest absolute Gasteiger partial charge is 0.238 e. The van der Waals surface area contributed by atoms with Crippen LogP contribution in [0.25, 0.3) is 6.08 Å². The molecule has 0 unspecified atom stereocenters. The van der Waals surface area contributed by atoms with Crippen LogP contribution < -0.4 is 0 Å². The van der Waals surface area contributed by atoms with E-state index in [0.717, 1.165) is 17.2 Å². The highest BCUT2D eigenvalue weighted by molar-refractivity contribution is 5.42. The predicted octanol–water partition coefficient (Wildman–Crippen LogP) is 3.58. The first kappa shape index (κ1) is 12.8. The van der Waals surface area contributed by atoms with E-state index in [1.165, 1.54) is 0 Å². The van der Waals surface area contributed by atoms with Gasteiger partial charge in [-0.3, -0.25) is 0 Å². The molecule has 0 saturated carbocycles. The molecular weight excluding hydrogens is 172 g/mol. The van der Waals surface area contributed by atoms with Gasteiger partial charge in [-0.15, -0.1) is 0 Å². The maximum atomic E-state index is 4.32. The molecule has 14 heavy (non-hydrogen) atoms. The van der Waals surface area contributed by atoms with Crippen LogP contribution in [0.2, 0.25) is 0 Å². The Balaban J connectivity index is 0.000000791. The number of hydrogen-bond acceptors (Lipinski definition) is 2. The van der Waals surface area contributed by atoms with E-state index in [4.69, 9.17) is 0 Å². The second kappa shape index (κ2) is 6.30. The Morgan fingerprint density at radius 3 is 2.29 bits per heavy atom. The highest BCUT2D eigenvalue weighted by Crippen LogP contribution is 2.12. The van der Waals surface area contributed by atoms with E-state index in [2.05, 4.69) is 30.4 Å². The summed E-state index contributed by atoms with van der Waals surface area (Å²) in [6.45, 7) is 13.8. The van der Waals surface area contributed by atoms with Gasteiger partial charge in [-0.1, -0.05) is 34.3 Å². The highest BCUT2D eigenvalue weighted by atomic mass is 14.9. The molecule has 0 aromatic carbocycles. The number of hydrogen-bond donors (Lipinski definition) is 0. The number of nitrogens with zero attached hydrogens (tertiary/aromatic N) is 2. The van der Waals surface area contributed by atoms with Gasteiger partial charge in [0.15, 0.2) is 0 Å². The highest BCUT2D eigenvalue weighted by Gasteiger charge is 2.02. The van der Waals surface area contributed by atoms with Crippen LogP contribution in [0.5, 0.6) is 0 Å². The minimum absolute atomic E-state index is 0.449. The summed E-state index contributed by atoms with van der Waals surface area (Å²) < 4.78 is 0. The predicted molar refractivity (Wildman–Crippen MR) is 62.3 cm³/mol. The normalized spacial score (nSPS) is 9.29. The monoisotopic (exact) mass is 192 g/mol. The Morgan fingerprint density at radius 1 is 1.29 bits per heavy atom. The Hall–Kier alpha value is -1.18. The Kier molecular flexibility index (Phi) is 5.77.